The van der Waals surface area contributed by atoms with Crippen molar-refractivity contribution < 1.29 is 12.8 Å². The number of rotatable bonds is 3. The van der Waals surface area contributed by atoms with E-state index in [4.69, 9.17) is 11.6 Å². The van der Waals surface area contributed by atoms with Gasteiger partial charge in [0.1, 0.15) is 11.0 Å². The summed E-state index contributed by atoms with van der Waals surface area (Å²) in [5.74, 6) is -0.373. The Morgan fingerprint density at radius 1 is 1.09 bits per heavy atom. The molecule has 0 fully saturated rings. The van der Waals surface area contributed by atoms with Gasteiger partial charge < -0.3 is 0 Å². The molecule has 0 aliphatic carbocycles. The van der Waals surface area contributed by atoms with Crippen molar-refractivity contribution in [1.29, 1.82) is 0 Å². The molecule has 0 radical (unpaired) electrons. The van der Waals surface area contributed by atoms with Gasteiger partial charge in [0.25, 0.3) is 0 Å². The Hall–Kier alpha value is -1.83. The molecule has 0 saturated heterocycles. The molecule has 0 aliphatic rings. The quantitative estimate of drug-likeness (QED) is 0.654. The molecule has 23 heavy (non-hydrogen) atoms. The molecule has 0 unspecified atom stereocenters. The van der Waals surface area contributed by atoms with Crippen LogP contribution in [0.2, 0.25) is 5.15 Å². The molecule has 4 nitrogen and oxygen atoms in total. The standard InChI is InChI=1S/C15H10ClFN2O2S2/c1-23(20,21)15-19-13(9-2-5-11(17)6-3-9)14(22-15)10-4-7-12(16)18-8-10/h2-8H,1H3. The normalized spacial score (nSPS) is 11.6. The molecular weight excluding hydrogens is 359 g/mol. The Morgan fingerprint density at radius 2 is 1.74 bits per heavy atom. The van der Waals surface area contributed by atoms with Gasteiger partial charge in [0.15, 0.2) is 0 Å². The van der Waals surface area contributed by atoms with Gasteiger partial charge in [-0.05, 0) is 36.4 Å². The number of hydrogen-bond donors (Lipinski definition) is 0. The first-order chi connectivity index (χ1) is 10.8. The number of hydrogen-bond acceptors (Lipinski definition) is 5. The van der Waals surface area contributed by atoms with E-state index in [-0.39, 0.29) is 10.2 Å². The third-order valence-corrected chi connectivity index (χ3v) is 6.04. The van der Waals surface area contributed by atoms with Gasteiger partial charge in [-0.2, -0.15) is 0 Å². The van der Waals surface area contributed by atoms with Gasteiger partial charge >= 0.3 is 0 Å². The van der Waals surface area contributed by atoms with Gasteiger partial charge in [0, 0.05) is 23.6 Å². The van der Waals surface area contributed by atoms with Gasteiger partial charge in [-0.1, -0.05) is 11.6 Å². The Kier molecular flexibility index (Phi) is 4.18. The summed E-state index contributed by atoms with van der Waals surface area (Å²) >= 11 is 6.84. The van der Waals surface area contributed by atoms with Crippen molar-refractivity contribution in [3.05, 3.63) is 53.6 Å². The zero-order chi connectivity index (χ0) is 16.6. The van der Waals surface area contributed by atoms with E-state index in [1.807, 2.05) is 0 Å². The lowest BCUT2D eigenvalue weighted by Gasteiger charge is -2.02. The van der Waals surface area contributed by atoms with E-state index in [2.05, 4.69) is 9.97 Å². The highest BCUT2D eigenvalue weighted by atomic mass is 35.5. The fourth-order valence-electron chi connectivity index (χ4n) is 1.97. The molecule has 2 aromatic heterocycles. The second-order valence-corrected chi connectivity index (χ2v) is 8.38. The molecule has 0 N–H and O–H groups in total. The van der Waals surface area contributed by atoms with Gasteiger partial charge in [0.2, 0.25) is 14.2 Å². The predicted octanol–water partition coefficient (Wildman–Crippen LogP) is 4.07. The fourth-order valence-corrected chi connectivity index (χ4v) is 4.00. The van der Waals surface area contributed by atoms with Crippen molar-refractivity contribution >= 4 is 32.8 Å². The highest BCUT2D eigenvalue weighted by Crippen LogP contribution is 2.38. The smallest absolute Gasteiger partial charge is 0.210 e. The van der Waals surface area contributed by atoms with Crippen molar-refractivity contribution in [2.75, 3.05) is 6.26 Å². The summed E-state index contributed by atoms with van der Waals surface area (Å²) in [6.45, 7) is 0. The highest BCUT2D eigenvalue weighted by Gasteiger charge is 2.20. The van der Waals surface area contributed by atoms with Crippen molar-refractivity contribution in [3.63, 3.8) is 0 Å². The van der Waals surface area contributed by atoms with E-state index in [0.717, 1.165) is 17.6 Å². The Labute approximate surface area is 141 Å². The number of halogens is 2. The molecule has 118 valence electrons. The van der Waals surface area contributed by atoms with Crippen LogP contribution in [0.1, 0.15) is 0 Å². The lowest BCUT2D eigenvalue weighted by atomic mass is 10.1. The monoisotopic (exact) mass is 368 g/mol. The molecule has 0 amide bonds. The maximum atomic E-state index is 13.1. The molecule has 2 heterocycles. The summed E-state index contributed by atoms with van der Waals surface area (Å²) < 4.78 is 36.8. The number of sulfone groups is 1. The average molecular weight is 369 g/mol. The maximum absolute atomic E-state index is 13.1. The first-order valence-electron chi connectivity index (χ1n) is 6.43. The molecule has 0 spiro atoms. The Morgan fingerprint density at radius 3 is 2.30 bits per heavy atom. The largest absolute Gasteiger partial charge is 0.244 e. The molecule has 1 aromatic carbocycles. The Balaban J connectivity index is 2.22. The SMILES string of the molecule is CS(=O)(=O)c1nc(-c2ccc(F)cc2)c(-c2ccc(Cl)nc2)s1. The topological polar surface area (TPSA) is 59.9 Å². The van der Waals surface area contributed by atoms with E-state index in [1.165, 1.54) is 12.1 Å². The molecule has 3 rings (SSSR count). The first kappa shape index (κ1) is 16.0. The Bertz CT molecular complexity index is 889. The van der Waals surface area contributed by atoms with Crippen LogP contribution in [0.15, 0.2) is 46.9 Å². The van der Waals surface area contributed by atoms with Crippen LogP contribution in [-0.2, 0) is 9.84 Å². The summed E-state index contributed by atoms with van der Waals surface area (Å²) in [4.78, 5) is 8.88. The predicted molar refractivity (Wildman–Crippen MR) is 88.9 cm³/mol. The minimum absolute atomic E-state index is 0.00164. The van der Waals surface area contributed by atoms with Gasteiger partial charge in [-0.25, -0.2) is 22.8 Å². The van der Waals surface area contributed by atoms with Gasteiger partial charge in [0.05, 0.1) is 10.6 Å². The van der Waals surface area contributed by atoms with Crippen LogP contribution in [0, 0.1) is 5.82 Å². The molecule has 0 atom stereocenters. The molecule has 0 aliphatic heterocycles. The number of aromatic nitrogens is 2. The zero-order valence-corrected chi connectivity index (χ0v) is 14.2. The number of nitrogens with zero attached hydrogens (tertiary/aromatic N) is 2. The number of pyridine rings is 1. The van der Waals surface area contributed by atoms with Crippen LogP contribution in [0.25, 0.3) is 21.7 Å². The van der Waals surface area contributed by atoms with E-state index in [9.17, 15) is 12.8 Å². The number of thiazole rings is 1. The average Bonchev–Trinajstić information content (AvgIpc) is 2.94. The third kappa shape index (κ3) is 3.41. The summed E-state index contributed by atoms with van der Waals surface area (Å²) in [6.07, 6.45) is 2.65. The lowest BCUT2D eigenvalue weighted by molar-refractivity contribution is 0.601. The fraction of sp³-hybridized carbons (Fsp3) is 0.0667. The minimum atomic E-state index is -3.45. The summed E-state index contributed by atoms with van der Waals surface area (Å²) in [6, 6.07) is 9.08. The van der Waals surface area contributed by atoms with Crippen molar-refractivity contribution in [1.82, 2.24) is 9.97 Å². The second-order valence-electron chi connectivity index (χ2n) is 4.81. The summed E-state index contributed by atoms with van der Waals surface area (Å²) in [7, 11) is -3.45. The zero-order valence-electron chi connectivity index (χ0n) is 11.8. The molecule has 0 saturated carbocycles. The number of benzene rings is 1. The van der Waals surface area contributed by atoms with E-state index < -0.39 is 9.84 Å². The van der Waals surface area contributed by atoms with Crippen molar-refractivity contribution in [2.45, 2.75) is 4.34 Å². The van der Waals surface area contributed by atoms with Crippen LogP contribution in [-0.4, -0.2) is 24.6 Å². The molecule has 8 heteroatoms. The van der Waals surface area contributed by atoms with Gasteiger partial charge in [-0.3, -0.25) is 0 Å². The first-order valence-corrected chi connectivity index (χ1v) is 9.52. The highest BCUT2D eigenvalue weighted by molar-refractivity contribution is 7.92. The molecule has 3 aromatic rings. The lowest BCUT2D eigenvalue weighted by Crippen LogP contribution is -1.95. The van der Waals surface area contributed by atoms with Crippen LogP contribution in [0.4, 0.5) is 4.39 Å². The van der Waals surface area contributed by atoms with Crippen molar-refractivity contribution in [3.8, 4) is 21.7 Å². The van der Waals surface area contributed by atoms with Crippen LogP contribution >= 0.6 is 22.9 Å². The van der Waals surface area contributed by atoms with E-state index in [1.54, 1.807) is 30.5 Å². The minimum Gasteiger partial charge on any atom is -0.244 e. The van der Waals surface area contributed by atoms with E-state index in [0.29, 0.717) is 26.9 Å². The van der Waals surface area contributed by atoms with Crippen LogP contribution in [0.3, 0.4) is 0 Å². The molecular formula is C15H10ClFN2O2S2. The van der Waals surface area contributed by atoms with Crippen LogP contribution in [0.5, 0.6) is 0 Å². The van der Waals surface area contributed by atoms with Crippen LogP contribution < -0.4 is 0 Å². The van der Waals surface area contributed by atoms with E-state index >= 15 is 0 Å². The summed E-state index contributed by atoms with van der Waals surface area (Å²) in [5.41, 5.74) is 1.79. The third-order valence-electron chi connectivity index (χ3n) is 3.03. The summed E-state index contributed by atoms with van der Waals surface area (Å²) in [5, 5.41) is 0.338. The maximum Gasteiger partial charge on any atom is 0.210 e. The van der Waals surface area contributed by atoms with Crippen molar-refractivity contribution in [2.24, 2.45) is 0 Å². The van der Waals surface area contributed by atoms with Gasteiger partial charge in [-0.15, -0.1) is 11.3 Å². The molecule has 0 bridgehead atoms. The second kappa shape index (κ2) is 5.99.